The topological polar surface area (TPSA) is 70.2 Å². The quantitative estimate of drug-likeness (QED) is 0.697. The molecule has 7 heteroatoms. The van der Waals surface area contributed by atoms with Crippen LogP contribution in [0, 0.1) is 5.82 Å². The smallest absolute Gasteiger partial charge is 0.221 e. The van der Waals surface area contributed by atoms with Crippen molar-refractivity contribution in [2.75, 3.05) is 26.7 Å². The number of nitrogens with zero attached hydrogens (tertiary/aromatic N) is 2. The Kier molecular flexibility index (Phi) is 4.75. The third kappa shape index (κ3) is 3.35. The minimum absolute atomic E-state index is 0.136. The summed E-state index contributed by atoms with van der Waals surface area (Å²) in [6.45, 7) is 2.47. The van der Waals surface area contributed by atoms with Crippen molar-refractivity contribution in [3.63, 3.8) is 0 Å². The molecule has 4 heterocycles. The number of H-pyrrole nitrogens is 1. The van der Waals surface area contributed by atoms with Gasteiger partial charge in [0.25, 0.3) is 0 Å². The number of fused-ring (bicyclic) bond motifs is 1. The number of hydrogen-bond donors (Lipinski definition) is 2. The van der Waals surface area contributed by atoms with Crippen LogP contribution < -0.4 is 10.1 Å². The maximum atomic E-state index is 13.9. The van der Waals surface area contributed by atoms with Crippen molar-refractivity contribution in [2.24, 2.45) is 0 Å². The third-order valence-electron chi connectivity index (χ3n) is 6.04. The number of nitrogens with one attached hydrogen (secondary N) is 2. The maximum absolute atomic E-state index is 13.9. The highest BCUT2D eigenvalue weighted by molar-refractivity contribution is 5.96. The number of pyridine rings is 1. The molecule has 0 saturated carbocycles. The first-order chi connectivity index (χ1) is 14.6. The summed E-state index contributed by atoms with van der Waals surface area (Å²) in [5.41, 5.74) is 4.62. The summed E-state index contributed by atoms with van der Waals surface area (Å²) in [4.78, 5) is 21.7. The van der Waals surface area contributed by atoms with Crippen molar-refractivity contribution in [1.82, 2.24) is 20.2 Å². The summed E-state index contributed by atoms with van der Waals surface area (Å²) in [6.07, 6.45) is 5.43. The lowest BCUT2D eigenvalue weighted by Gasteiger charge is -2.30. The summed E-state index contributed by atoms with van der Waals surface area (Å²) < 4.78 is 19.4. The number of halogens is 1. The van der Waals surface area contributed by atoms with Crippen LogP contribution in [0.15, 0.2) is 42.6 Å². The molecule has 1 atom stereocenters. The molecular weight excluding hydrogens is 383 g/mol. The normalized spacial score (nSPS) is 19.7. The maximum Gasteiger partial charge on any atom is 0.221 e. The molecule has 2 N–H and O–H groups in total. The van der Waals surface area contributed by atoms with Gasteiger partial charge in [-0.25, -0.2) is 9.37 Å². The standard InChI is InChI=1S/C23H23FN4O2/c1-30-21-3-2-15(24)10-18(21)17-4-7-25-23-19(17)12-20(27-23)14-5-8-28(9-6-14)16-11-22(29)26-13-16/h2-5,7,10,12,16H,6,8-9,11,13H2,1H3,(H,25,27)(H,26,29). The van der Waals surface area contributed by atoms with Crippen LogP contribution in [0.1, 0.15) is 18.5 Å². The fourth-order valence-electron chi connectivity index (χ4n) is 4.43. The number of hydrogen-bond acceptors (Lipinski definition) is 4. The fraction of sp³-hybridized carbons (Fsp3) is 0.304. The Morgan fingerprint density at radius 3 is 2.87 bits per heavy atom. The molecule has 154 valence electrons. The van der Waals surface area contributed by atoms with Gasteiger partial charge < -0.3 is 15.0 Å². The molecule has 1 aromatic carbocycles. The van der Waals surface area contributed by atoms with Gasteiger partial charge in [0.05, 0.1) is 7.11 Å². The number of benzene rings is 1. The van der Waals surface area contributed by atoms with Crippen molar-refractivity contribution >= 4 is 22.5 Å². The first-order valence-corrected chi connectivity index (χ1v) is 10.1. The van der Waals surface area contributed by atoms with Crippen LogP contribution >= 0.6 is 0 Å². The molecule has 30 heavy (non-hydrogen) atoms. The van der Waals surface area contributed by atoms with Crippen LogP contribution in [0.2, 0.25) is 0 Å². The van der Waals surface area contributed by atoms with E-state index < -0.39 is 0 Å². The zero-order chi connectivity index (χ0) is 20.7. The van der Waals surface area contributed by atoms with E-state index in [9.17, 15) is 9.18 Å². The Bertz CT molecular complexity index is 1150. The van der Waals surface area contributed by atoms with Crippen LogP contribution in [-0.4, -0.2) is 53.6 Å². The van der Waals surface area contributed by atoms with E-state index in [-0.39, 0.29) is 17.8 Å². The van der Waals surface area contributed by atoms with E-state index >= 15 is 0 Å². The number of carbonyl (C=O) groups excluding carboxylic acids is 1. The first kappa shape index (κ1) is 18.8. The Balaban J connectivity index is 1.47. The van der Waals surface area contributed by atoms with E-state index in [1.165, 1.54) is 17.7 Å². The highest BCUT2D eigenvalue weighted by atomic mass is 19.1. The molecule has 2 aliphatic rings. The van der Waals surface area contributed by atoms with E-state index in [4.69, 9.17) is 4.74 Å². The molecular formula is C23H23FN4O2. The second kappa shape index (κ2) is 7.57. The molecule has 6 nitrogen and oxygen atoms in total. The van der Waals surface area contributed by atoms with Crippen molar-refractivity contribution in [3.8, 4) is 16.9 Å². The first-order valence-electron chi connectivity index (χ1n) is 10.1. The molecule has 3 aromatic rings. The number of aromatic amines is 1. The molecule has 0 aliphatic carbocycles. The Hall–Kier alpha value is -3.19. The van der Waals surface area contributed by atoms with E-state index in [0.717, 1.165) is 48.3 Å². The minimum atomic E-state index is -0.304. The van der Waals surface area contributed by atoms with E-state index in [1.54, 1.807) is 19.4 Å². The molecule has 0 bridgehead atoms. The monoisotopic (exact) mass is 406 g/mol. The van der Waals surface area contributed by atoms with E-state index in [1.807, 2.05) is 6.07 Å². The van der Waals surface area contributed by atoms with Crippen LogP contribution in [0.25, 0.3) is 27.7 Å². The van der Waals surface area contributed by atoms with Gasteiger partial charge in [-0.2, -0.15) is 0 Å². The summed E-state index contributed by atoms with van der Waals surface area (Å²) >= 11 is 0. The number of ether oxygens (including phenoxy) is 1. The van der Waals surface area contributed by atoms with Gasteiger partial charge in [-0.15, -0.1) is 0 Å². The van der Waals surface area contributed by atoms with Gasteiger partial charge in [-0.3, -0.25) is 9.69 Å². The van der Waals surface area contributed by atoms with Crippen LogP contribution in [0.5, 0.6) is 5.75 Å². The Morgan fingerprint density at radius 2 is 2.13 bits per heavy atom. The van der Waals surface area contributed by atoms with Crippen LogP contribution in [-0.2, 0) is 4.79 Å². The fourth-order valence-corrected chi connectivity index (χ4v) is 4.43. The number of amides is 1. The second-order valence-electron chi connectivity index (χ2n) is 7.78. The van der Waals surface area contributed by atoms with Gasteiger partial charge in [-0.05, 0) is 47.9 Å². The summed E-state index contributed by atoms with van der Waals surface area (Å²) in [6, 6.07) is 8.80. The number of methoxy groups -OCH3 is 1. The lowest BCUT2D eigenvalue weighted by molar-refractivity contribution is -0.119. The largest absolute Gasteiger partial charge is 0.496 e. The number of rotatable bonds is 4. The Labute approximate surface area is 173 Å². The molecule has 2 aliphatic heterocycles. The average Bonchev–Trinajstić information content (AvgIpc) is 3.40. The van der Waals surface area contributed by atoms with Crippen molar-refractivity contribution < 1.29 is 13.9 Å². The van der Waals surface area contributed by atoms with Crippen molar-refractivity contribution in [3.05, 3.63) is 54.1 Å². The van der Waals surface area contributed by atoms with E-state index in [2.05, 4.69) is 32.3 Å². The lowest BCUT2D eigenvalue weighted by atomic mass is 10.0. The van der Waals surface area contributed by atoms with Crippen LogP contribution in [0.4, 0.5) is 4.39 Å². The highest BCUT2D eigenvalue weighted by Crippen LogP contribution is 2.36. The van der Waals surface area contributed by atoms with Gasteiger partial charge in [0, 0.05) is 54.9 Å². The summed E-state index contributed by atoms with van der Waals surface area (Å²) in [7, 11) is 1.59. The van der Waals surface area contributed by atoms with Gasteiger partial charge >= 0.3 is 0 Å². The summed E-state index contributed by atoms with van der Waals surface area (Å²) in [5.74, 6) is 0.456. The SMILES string of the molecule is COc1ccc(F)cc1-c1ccnc2[nH]c(C3=CCN(C4CNC(=O)C4)CC3)cc12. The summed E-state index contributed by atoms with van der Waals surface area (Å²) in [5, 5.41) is 3.85. The predicted octanol–water partition coefficient (Wildman–Crippen LogP) is 3.36. The van der Waals surface area contributed by atoms with Crippen molar-refractivity contribution in [2.45, 2.75) is 18.9 Å². The predicted molar refractivity (Wildman–Crippen MR) is 114 cm³/mol. The number of carbonyl (C=O) groups is 1. The second-order valence-corrected chi connectivity index (χ2v) is 7.78. The highest BCUT2D eigenvalue weighted by Gasteiger charge is 2.28. The molecule has 2 aromatic heterocycles. The molecule has 1 unspecified atom stereocenters. The van der Waals surface area contributed by atoms with Crippen LogP contribution in [0.3, 0.4) is 0 Å². The molecule has 0 spiro atoms. The molecule has 1 amide bonds. The molecule has 5 rings (SSSR count). The molecule has 1 saturated heterocycles. The van der Waals surface area contributed by atoms with Gasteiger partial charge in [0.2, 0.25) is 5.91 Å². The Morgan fingerprint density at radius 1 is 1.23 bits per heavy atom. The van der Waals surface area contributed by atoms with Gasteiger partial charge in [-0.1, -0.05) is 6.08 Å². The molecule has 1 fully saturated rings. The van der Waals surface area contributed by atoms with Crippen molar-refractivity contribution in [1.29, 1.82) is 0 Å². The zero-order valence-corrected chi connectivity index (χ0v) is 16.7. The number of aromatic nitrogens is 2. The van der Waals surface area contributed by atoms with Gasteiger partial charge in [0.15, 0.2) is 0 Å². The third-order valence-corrected chi connectivity index (χ3v) is 6.04. The average molecular weight is 406 g/mol. The minimum Gasteiger partial charge on any atom is -0.496 e. The molecule has 0 radical (unpaired) electrons. The lowest BCUT2D eigenvalue weighted by Crippen LogP contribution is -2.39. The van der Waals surface area contributed by atoms with Gasteiger partial charge in [0.1, 0.15) is 17.2 Å². The van der Waals surface area contributed by atoms with E-state index in [0.29, 0.717) is 17.7 Å². The zero-order valence-electron chi connectivity index (χ0n) is 16.7.